The summed E-state index contributed by atoms with van der Waals surface area (Å²) >= 11 is 6.24. The Morgan fingerprint density at radius 3 is 2.62 bits per heavy atom. The minimum atomic E-state index is -0.126. The molecular formula is C17H17ClN6. The number of hydrogen-bond acceptors (Lipinski definition) is 4. The van der Waals surface area contributed by atoms with E-state index in [1.165, 1.54) is 0 Å². The summed E-state index contributed by atoms with van der Waals surface area (Å²) in [5.41, 5.74) is 3.26. The maximum Gasteiger partial charge on any atom is 0.170 e. The van der Waals surface area contributed by atoms with Crippen molar-refractivity contribution in [2.45, 2.75) is 33.1 Å². The smallest absolute Gasteiger partial charge is 0.170 e. The Morgan fingerprint density at radius 1 is 1.12 bits per heavy atom. The van der Waals surface area contributed by atoms with Gasteiger partial charge >= 0.3 is 0 Å². The van der Waals surface area contributed by atoms with Gasteiger partial charge in [0.2, 0.25) is 0 Å². The van der Waals surface area contributed by atoms with E-state index in [1.807, 2.05) is 25.1 Å². The molecule has 0 radical (unpaired) electrons. The average Bonchev–Trinajstić information content (AvgIpc) is 3.12. The van der Waals surface area contributed by atoms with E-state index < -0.39 is 0 Å². The molecule has 4 rings (SSSR count). The van der Waals surface area contributed by atoms with Crippen LogP contribution in [0.1, 0.15) is 32.2 Å². The maximum atomic E-state index is 6.24. The van der Waals surface area contributed by atoms with Gasteiger partial charge in [-0.25, -0.2) is 19.2 Å². The molecule has 0 bridgehead atoms. The van der Waals surface area contributed by atoms with Crippen molar-refractivity contribution in [1.29, 1.82) is 0 Å². The second-order valence-corrected chi connectivity index (χ2v) is 7.33. The molecule has 24 heavy (non-hydrogen) atoms. The Kier molecular flexibility index (Phi) is 3.15. The molecular weight excluding hydrogens is 324 g/mol. The van der Waals surface area contributed by atoms with Crippen molar-refractivity contribution in [2.75, 3.05) is 0 Å². The van der Waals surface area contributed by atoms with Crippen molar-refractivity contribution in [3.8, 4) is 5.69 Å². The molecule has 0 aliphatic carbocycles. The molecule has 0 unspecified atom stereocenters. The molecule has 0 saturated heterocycles. The third kappa shape index (κ3) is 2.26. The van der Waals surface area contributed by atoms with Gasteiger partial charge in [0.15, 0.2) is 17.1 Å². The molecule has 4 aromatic rings. The van der Waals surface area contributed by atoms with Crippen molar-refractivity contribution in [1.82, 2.24) is 29.4 Å². The Balaban J connectivity index is 1.95. The number of halogens is 1. The van der Waals surface area contributed by atoms with Crippen LogP contribution in [-0.4, -0.2) is 29.4 Å². The van der Waals surface area contributed by atoms with Crippen LogP contribution in [0.15, 0.2) is 30.7 Å². The quantitative estimate of drug-likeness (QED) is 0.530. The van der Waals surface area contributed by atoms with Gasteiger partial charge in [-0.1, -0.05) is 38.4 Å². The van der Waals surface area contributed by atoms with Crippen LogP contribution in [0.5, 0.6) is 0 Å². The molecule has 3 aromatic heterocycles. The third-order valence-corrected chi connectivity index (χ3v) is 4.38. The Bertz CT molecular complexity index is 1070. The highest BCUT2D eigenvalue weighted by atomic mass is 35.5. The number of fused-ring (bicyclic) bond motifs is 3. The lowest BCUT2D eigenvalue weighted by molar-refractivity contribution is 0.545. The van der Waals surface area contributed by atoms with Gasteiger partial charge in [-0.2, -0.15) is 5.10 Å². The first kappa shape index (κ1) is 15.1. The summed E-state index contributed by atoms with van der Waals surface area (Å²) in [7, 11) is 0. The first-order chi connectivity index (χ1) is 11.3. The summed E-state index contributed by atoms with van der Waals surface area (Å²) < 4.78 is 3.48. The number of rotatable bonds is 1. The summed E-state index contributed by atoms with van der Waals surface area (Å²) in [6, 6.07) is 5.84. The van der Waals surface area contributed by atoms with E-state index >= 15 is 0 Å². The van der Waals surface area contributed by atoms with Gasteiger partial charge in [-0.15, -0.1) is 5.10 Å². The van der Waals surface area contributed by atoms with Crippen LogP contribution in [0, 0.1) is 6.92 Å². The van der Waals surface area contributed by atoms with Crippen LogP contribution in [0.4, 0.5) is 0 Å². The van der Waals surface area contributed by atoms with Gasteiger partial charge in [0.05, 0.1) is 17.3 Å². The van der Waals surface area contributed by atoms with Gasteiger partial charge in [0, 0.05) is 10.4 Å². The van der Waals surface area contributed by atoms with Gasteiger partial charge in [0.1, 0.15) is 6.33 Å². The van der Waals surface area contributed by atoms with E-state index in [4.69, 9.17) is 11.6 Å². The van der Waals surface area contributed by atoms with E-state index in [0.717, 1.165) is 33.8 Å². The largest absolute Gasteiger partial charge is 0.216 e. The van der Waals surface area contributed by atoms with E-state index in [9.17, 15) is 0 Å². The number of benzene rings is 1. The third-order valence-electron chi connectivity index (χ3n) is 3.98. The molecule has 0 aliphatic rings. The molecule has 0 fully saturated rings. The summed E-state index contributed by atoms with van der Waals surface area (Å²) in [5, 5.41) is 10.6. The molecule has 6 nitrogen and oxygen atoms in total. The Hall–Kier alpha value is -2.47. The molecule has 0 aliphatic heterocycles. The Labute approximate surface area is 144 Å². The standard InChI is InChI=1S/C17H17ClN6/c1-10-5-6-11(7-13(10)18)24-14-12(8-20-24)15-21-16(17(2,3)4)22-23(15)9-19-14/h5-9H,1-4H3. The lowest BCUT2D eigenvalue weighted by Crippen LogP contribution is -2.13. The minimum Gasteiger partial charge on any atom is -0.216 e. The summed E-state index contributed by atoms with van der Waals surface area (Å²) in [5.74, 6) is 0.780. The molecule has 0 N–H and O–H groups in total. The van der Waals surface area contributed by atoms with Crippen molar-refractivity contribution < 1.29 is 0 Å². The molecule has 0 atom stereocenters. The van der Waals surface area contributed by atoms with Crippen molar-refractivity contribution in [2.24, 2.45) is 0 Å². The summed E-state index contributed by atoms with van der Waals surface area (Å²) in [6.07, 6.45) is 3.44. The molecule has 0 amide bonds. The second kappa shape index (κ2) is 5.01. The molecule has 1 aromatic carbocycles. The first-order valence-corrected chi connectivity index (χ1v) is 8.08. The molecule has 3 heterocycles. The van der Waals surface area contributed by atoms with Gasteiger partial charge < -0.3 is 0 Å². The number of aromatic nitrogens is 6. The lowest BCUT2D eigenvalue weighted by atomic mass is 9.96. The Morgan fingerprint density at radius 2 is 1.92 bits per heavy atom. The average molecular weight is 341 g/mol. The van der Waals surface area contributed by atoms with Crippen LogP contribution < -0.4 is 0 Å². The molecule has 0 saturated carbocycles. The predicted molar refractivity (Wildman–Crippen MR) is 93.9 cm³/mol. The topological polar surface area (TPSA) is 60.9 Å². The van der Waals surface area contributed by atoms with Crippen molar-refractivity contribution >= 4 is 28.3 Å². The lowest BCUT2D eigenvalue weighted by Gasteiger charge is -2.11. The number of aryl methyl sites for hydroxylation is 1. The van der Waals surface area contributed by atoms with Gasteiger partial charge in [-0.05, 0) is 24.6 Å². The van der Waals surface area contributed by atoms with Gasteiger partial charge in [-0.3, -0.25) is 0 Å². The number of nitrogens with zero attached hydrogens (tertiary/aromatic N) is 6. The fourth-order valence-electron chi connectivity index (χ4n) is 2.54. The monoisotopic (exact) mass is 340 g/mol. The zero-order chi connectivity index (χ0) is 17.1. The highest BCUT2D eigenvalue weighted by Crippen LogP contribution is 2.25. The van der Waals surface area contributed by atoms with E-state index in [1.54, 1.807) is 21.7 Å². The second-order valence-electron chi connectivity index (χ2n) is 6.93. The molecule has 0 spiro atoms. The molecule has 122 valence electrons. The van der Waals surface area contributed by atoms with E-state index in [-0.39, 0.29) is 5.41 Å². The fraction of sp³-hybridized carbons (Fsp3) is 0.294. The minimum absolute atomic E-state index is 0.126. The van der Waals surface area contributed by atoms with Crippen LogP contribution in [0.3, 0.4) is 0 Å². The predicted octanol–water partition coefficient (Wildman–Crippen LogP) is 3.72. The zero-order valence-electron chi connectivity index (χ0n) is 13.9. The van der Waals surface area contributed by atoms with Crippen LogP contribution in [-0.2, 0) is 5.41 Å². The van der Waals surface area contributed by atoms with Gasteiger partial charge in [0.25, 0.3) is 0 Å². The maximum absolute atomic E-state index is 6.24. The van der Waals surface area contributed by atoms with Crippen molar-refractivity contribution in [3.63, 3.8) is 0 Å². The van der Waals surface area contributed by atoms with E-state index in [0.29, 0.717) is 5.02 Å². The van der Waals surface area contributed by atoms with Crippen LogP contribution in [0.2, 0.25) is 5.02 Å². The van der Waals surface area contributed by atoms with Crippen LogP contribution >= 0.6 is 11.6 Å². The fourth-order valence-corrected chi connectivity index (χ4v) is 2.72. The molecule has 7 heteroatoms. The zero-order valence-corrected chi connectivity index (χ0v) is 14.7. The highest BCUT2D eigenvalue weighted by Gasteiger charge is 2.21. The SMILES string of the molecule is Cc1ccc(-n2ncc3c2ncn2nc(C(C)(C)C)nc32)cc1Cl. The normalized spacial score (nSPS) is 12.4. The summed E-state index contributed by atoms with van der Waals surface area (Å²) in [6.45, 7) is 8.23. The first-order valence-electron chi connectivity index (χ1n) is 7.71. The van der Waals surface area contributed by atoms with Crippen molar-refractivity contribution in [3.05, 3.63) is 47.1 Å². The highest BCUT2D eigenvalue weighted by molar-refractivity contribution is 6.31. The summed E-state index contributed by atoms with van der Waals surface area (Å²) in [4.78, 5) is 9.19. The number of hydrogen-bond donors (Lipinski definition) is 0. The van der Waals surface area contributed by atoms with Crippen LogP contribution in [0.25, 0.3) is 22.4 Å². The van der Waals surface area contributed by atoms with E-state index in [2.05, 4.69) is 40.9 Å².